The summed E-state index contributed by atoms with van der Waals surface area (Å²) in [5.41, 5.74) is 1.70. The molecule has 0 spiro atoms. The minimum atomic E-state index is -0.0493. The fourth-order valence-corrected chi connectivity index (χ4v) is 8.32. The van der Waals surface area contributed by atoms with Gasteiger partial charge in [-0.1, -0.05) is 37.8 Å². The minimum absolute atomic E-state index is 0.0493. The number of fused-ring (bicyclic) bond motifs is 5. The van der Waals surface area contributed by atoms with Crippen molar-refractivity contribution in [3.63, 3.8) is 0 Å². The molecule has 0 aromatic carbocycles. The molecule has 4 saturated carbocycles. The van der Waals surface area contributed by atoms with Crippen LogP contribution in [0.4, 0.5) is 0 Å². The van der Waals surface area contributed by atoms with Crippen molar-refractivity contribution in [2.75, 3.05) is 0 Å². The van der Waals surface area contributed by atoms with Crippen LogP contribution >= 0.6 is 11.8 Å². The highest BCUT2D eigenvalue weighted by molar-refractivity contribution is 8.14. The van der Waals surface area contributed by atoms with E-state index in [9.17, 15) is 9.59 Å². The van der Waals surface area contributed by atoms with E-state index in [-0.39, 0.29) is 10.5 Å². The lowest BCUT2D eigenvalue weighted by atomic mass is 9.44. The molecule has 0 bridgehead atoms. The fourth-order valence-electron chi connectivity index (χ4n) is 7.32. The van der Waals surface area contributed by atoms with E-state index in [1.165, 1.54) is 18.4 Å². The second kappa shape index (κ2) is 5.97. The number of thioether (sulfide) groups is 1. The zero-order chi connectivity index (χ0) is 18.0. The summed E-state index contributed by atoms with van der Waals surface area (Å²) in [4.78, 5) is 24.1. The summed E-state index contributed by atoms with van der Waals surface area (Å²) in [6, 6.07) is 0. The molecule has 0 radical (unpaired) electrons. The topological polar surface area (TPSA) is 34.1 Å². The summed E-state index contributed by atoms with van der Waals surface area (Å²) in [6.07, 6.45) is 8.85. The van der Waals surface area contributed by atoms with Gasteiger partial charge in [-0.2, -0.15) is 0 Å². The number of hydrogen-bond acceptors (Lipinski definition) is 3. The van der Waals surface area contributed by atoms with Gasteiger partial charge in [0.05, 0.1) is 0 Å². The van der Waals surface area contributed by atoms with Crippen molar-refractivity contribution in [2.24, 2.45) is 34.5 Å². The number of ketones is 1. The van der Waals surface area contributed by atoms with Crippen molar-refractivity contribution in [1.82, 2.24) is 0 Å². The maximum atomic E-state index is 12.5. The molecule has 4 aliphatic rings. The Morgan fingerprint density at radius 1 is 1.16 bits per heavy atom. The summed E-state index contributed by atoms with van der Waals surface area (Å²) in [6.45, 7) is 11.0. The van der Waals surface area contributed by atoms with Gasteiger partial charge < -0.3 is 0 Å². The first-order valence-electron chi connectivity index (χ1n) is 10.1. The predicted molar refractivity (Wildman–Crippen MR) is 103 cm³/mol. The molecule has 0 heterocycles. The van der Waals surface area contributed by atoms with Gasteiger partial charge in [0.15, 0.2) is 5.12 Å². The van der Waals surface area contributed by atoms with Gasteiger partial charge in [0.1, 0.15) is 5.78 Å². The average molecular weight is 361 g/mol. The number of Topliss-reactive ketones (excluding diaryl/α,β-unsaturated/α-hetero) is 1. The molecule has 2 nitrogen and oxygen atoms in total. The molecule has 3 heteroatoms. The van der Waals surface area contributed by atoms with Gasteiger partial charge in [0.2, 0.25) is 0 Å². The van der Waals surface area contributed by atoms with Gasteiger partial charge in [-0.3, -0.25) is 9.59 Å². The van der Waals surface area contributed by atoms with E-state index < -0.39 is 0 Å². The molecule has 4 rings (SSSR count). The molecular formula is C22H32O2S. The van der Waals surface area contributed by atoms with E-state index in [0.717, 1.165) is 44.4 Å². The molecule has 0 N–H and O–H groups in total. The quantitative estimate of drug-likeness (QED) is 0.586. The number of hydrogen-bond donors (Lipinski definition) is 0. The summed E-state index contributed by atoms with van der Waals surface area (Å²) < 4.78 is 0. The molecule has 4 fully saturated rings. The van der Waals surface area contributed by atoms with E-state index >= 15 is 0 Å². The van der Waals surface area contributed by atoms with Crippen molar-refractivity contribution in [2.45, 2.75) is 77.4 Å². The molecule has 25 heavy (non-hydrogen) atoms. The van der Waals surface area contributed by atoms with E-state index in [0.29, 0.717) is 34.2 Å². The number of rotatable bonds is 1. The third-order valence-electron chi connectivity index (χ3n) is 8.62. The second-order valence-electron chi connectivity index (χ2n) is 9.72. The molecule has 138 valence electrons. The first-order valence-corrected chi connectivity index (χ1v) is 11.0. The molecule has 4 aliphatic carbocycles. The molecule has 0 aromatic heterocycles. The maximum absolute atomic E-state index is 12.5. The number of carbonyl (C=O) groups is 2. The van der Waals surface area contributed by atoms with Gasteiger partial charge >= 0.3 is 0 Å². The maximum Gasteiger partial charge on any atom is 0.186 e. The number of carbonyl (C=O) groups excluding carboxylic acids is 2. The Bertz CT molecular complexity index is 626. The first kappa shape index (κ1) is 17.8. The summed E-state index contributed by atoms with van der Waals surface area (Å²) >= 11 is 1.55. The molecule has 0 aliphatic heterocycles. The highest BCUT2D eigenvalue weighted by Gasteiger charge is 2.60. The van der Waals surface area contributed by atoms with Gasteiger partial charge in [0.25, 0.3) is 0 Å². The predicted octanol–water partition coefficient (Wildman–Crippen LogP) is 5.41. The highest BCUT2D eigenvalue weighted by atomic mass is 32.2. The lowest BCUT2D eigenvalue weighted by Gasteiger charge is -2.60. The summed E-state index contributed by atoms with van der Waals surface area (Å²) in [7, 11) is 0. The molecule has 0 amide bonds. The molecule has 7 atom stereocenters. The lowest BCUT2D eigenvalue weighted by molar-refractivity contribution is -0.135. The van der Waals surface area contributed by atoms with E-state index in [2.05, 4.69) is 20.4 Å². The Hall–Kier alpha value is -0.570. The van der Waals surface area contributed by atoms with E-state index in [4.69, 9.17) is 0 Å². The lowest BCUT2D eigenvalue weighted by Crippen LogP contribution is -2.54. The Balaban J connectivity index is 1.60. The zero-order valence-electron chi connectivity index (χ0n) is 16.0. The highest BCUT2D eigenvalue weighted by Crippen LogP contribution is 2.66. The van der Waals surface area contributed by atoms with Crippen LogP contribution in [-0.2, 0) is 9.59 Å². The van der Waals surface area contributed by atoms with E-state index in [1.807, 2.05) is 0 Å². The van der Waals surface area contributed by atoms with Crippen molar-refractivity contribution in [3.8, 4) is 0 Å². The fraction of sp³-hybridized carbons (Fsp3) is 0.818. The van der Waals surface area contributed by atoms with Gasteiger partial charge in [0, 0.05) is 24.0 Å². The Labute approximate surface area is 156 Å². The van der Waals surface area contributed by atoms with Crippen LogP contribution in [0.1, 0.15) is 72.1 Å². The third-order valence-corrected chi connectivity index (χ3v) is 9.71. The Morgan fingerprint density at radius 2 is 1.92 bits per heavy atom. The van der Waals surface area contributed by atoms with Crippen molar-refractivity contribution < 1.29 is 9.59 Å². The van der Waals surface area contributed by atoms with Crippen LogP contribution in [0, 0.1) is 34.5 Å². The van der Waals surface area contributed by atoms with Crippen LogP contribution < -0.4 is 0 Å². The van der Waals surface area contributed by atoms with Crippen LogP contribution in [0.15, 0.2) is 12.2 Å². The van der Waals surface area contributed by atoms with Gasteiger partial charge in [-0.05, 0) is 74.0 Å². The standard InChI is InChI=1S/C22H32O2S/c1-13-11-16-17-5-6-20(24)22(17,4)10-8-18(16)21(3)9-7-15(12-19(13)21)25-14(2)23/h15-19H,1,5-12H2,2-4H3/t15-,16?,17?,18?,19-,21-,22+/m1/s1. The normalized spacial score (nSPS) is 49.3. The Morgan fingerprint density at radius 3 is 2.64 bits per heavy atom. The smallest absolute Gasteiger partial charge is 0.186 e. The molecule has 0 saturated heterocycles. The minimum Gasteiger partial charge on any atom is -0.299 e. The van der Waals surface area contributed by atoms with Gasteiger partial charge in [-0.15, -0.1) is 0 Å². The monoisotopic (exact) mass is 360 g/mol. The molecular weight excluding hydrogens is 328 g/mol. The van der Waals surface area contributed by atoms with Crippen LogP contribution in [0.3, 0.4) is 0 Å². The van der Waals surface area contributed by atoms with Gasteiger partial charge in [-0.25, -0.2) is 0 Å². The first-order chi connectivity index (χ1) is 11.8. The van der Waals surface area contributed by atoms with Crippen LogP contribution in [0.25, 0.3) is 0 Å². The largest absolute Gasteiger partial charge is 0.299 e. The van der Waals surface area contributed by atoms with Crippen molar-refractivity contribution in [3.05, 3.63) is 12.2 Å². The molecule has 0 aromatic rings. The summed E-state index contributed by atoms with van der Waals surface area (Å²) in [5, 5.41) is 0.733. The summed E-state index contributed by atoms with van der Waals surface area (Å²) in [5.74, 6) is 3.08. The third kappa shape index (κ3) is 2.59. The van der Waals surface area contributed by atoms with Crippen molar-refractivity contribution in [1.29, 1.82) is 0 Å². The Kier molecular flexibility index (Phi) is 4.26. The van der Waals surface area contributed by atoms with Crippen LogP contribution in [-0.4, -0.2) is 16.1 Å². The van der Waals surface area contributed by atoms with E-state index in [1.54, 1.807) is 18.7 Å². The molecule has 3 unspecified atom stereocenters. The zero-order valence-corrected chi connectivity index (χ0v) is 16.8. The van der Waals surface area contributed by atoms with Crippen LogP contribution in [0.5, 0.6) is 0 Å². The average Bonchev–Trinajstić information content (AvgIpc) is 2.84. The van der Waals surface area contributed by atoms with Crippen molar-refractivity contribution >= 4 is 22.7 Å². The SMILES string of the molecule is C=C1CC2C3CCC(=O)[C@@]3(C)CCC2[C@@]2(C)CC[C@@H](SC(C)=O)C[C@H]12. The number of allylic oxidation sites excluding steroid dienone is 1. The van der Waals surface area contributed by atoms with Crippen LogP contribution in [0.2, 0.25) is 0 Å². The second-order valence-corrected chi connectivity index (χ2v) is 11.2.